The molecule has 0 heterocycles. The topological polar surface area (TPSA) is 43.1 Å². The van der Waals surface area contributed by atoms with Crippen molar-refractivity contribution < 1.29 is 4.79 Å². The molecule has 0 aliphatic heterocycles. The number of primary amides is 1. The summed E-state index contributed by atoms with van der Waals surface area (Å²) in [5.41, 5.74) is 6.07. The van der Waals surface area contributed by atoms with Gasteiger partial charge in [0.1, 0.15) is 0 Å². The first-order chi connectivity index (χ1) is 7.27. The minimum atomic E-state index is -0.428. The molecule has 0 unspecified atom stereocenters. The molecule has 0 aliphatic rings. The molecule has 2 aromatic carbocycles. The number of carbonyl (C=O) groups is 1. The van der Waals surface area contributed by atoms with Crippen molar-refractivity contribution in [2.45, 2.75) is 0 Å². The van der Waals surface area contributed by atoms with Crippen molar-refractivity contribution in [3.63, 3.8) is 0 Å². The smallest absolute Gasteiger partial charge is 0.241 e. The summed E-state index contributed by atoms with van der Waals surface area (Å²) >= 11 is 0. The molecule has 0 saturated carbocycles. The first kappa shape index (κ1) is 9.46. The van der Waals surface area contributed by atoms with Crippen LogP contribution in [0.25, 0.3) is 16.8 Å². The number of benzene rings is 2. The first-order valence-electron chi connectivity index (χ1n) is 4.72. The Morgan fingerprint density at radius 3 is 2.60 bits per heavy atom. The largest absolute Gasteiger partial charge is 0.366 e. The average molecular weight is 197 g/mol. The summed E-state index contributed by atoms with van der Waals surface area (Å²) in [6, 6.07) is 14.0. The molecule has 15 heavy (non-hydrogen) atoms. The molecule has 74 valence electrons. The van der Waals surface area contributed by atoms with E-state index in [9.17, 15) is 4.79 Å². The summed E-state index contributed by atoms with van der Waals surface area (Å²) in [5.74, 6) is -0.428. The van der Waals surface area contributed by atoms with Gasteiger partial charge in [0, 0.05) is 6.08 Å². The van der Waals surface area contributed by atoms with Crippen LogP contribution in [-0.2, 0) is 4.79 Å². The normalized spacial score (nSPS) is 10.9. The predicted molar refractivity (Wildman–Crippen MR) is 62.2 cm³/mol. The van der Waals surface area contributed by atoms with Crippen LogP contribution in [0.2, 0.25) is 0 Å². The summed E-state index contributed by atoms with van der Waals surface area (Å²) in [6.45, 7) is 0. The van der Waals surface area contributed by atoms with E-state index in [1.54, 1.807) is 6.08 Å². The van der Waals surface area contributed by atoms with E-state index in [0.717, 1.165) is 16.3 Å². The maximum Gasteiger partial charge on any atom is 0.241 e. The van der Waals surface area contributed by atoms with E-state index in [1.807, 2.05) is 42.5 Å². The Bertz CT molecular complexity index is 524. The molecule has 0 fully saturated rings. The van der Waals surface area contributed by atoms with Crippen molar-refractivity contribution in [2.24, 2.45) is 5.73 Å². The molecule has 0 atom stereocenters. The van der Waals surface area contributed by atoms with Crippen LogP contribution in [0.15, 0.2) is 48.5 Å². The molecule has 1 amide bonds. The molecule has 2 heteroatoms. The maximum atomic E-state index is 10.6. The molecule has 0 aliphatic carbocycles. The van der Waals surface area contributed by atoms with Gasteiger partial charge in [-0.25, -0.2) is 0 Å². The second-order valence-corrected chi connectivity index (χ2v) is 3.30. The Kier molecular flexibility index (Phi) is 2.50. The quantitative estimate of drug-likeness (QED) is 0.738. The van der Waals surface area contributed by atoms with Crippen LogP contribution in [0, 0.1) is 0 Å². The van der Waals surface area contributed by atoms with Gasteiger partial charge in [0.25, 0.3) is 0 Å². The Labute approximate surface area is 88.0 Å². The van der Waals surface area contributed by atoms with Gasteiger partial charge in [-0.1, -0.05) is 42.5 Å². The standard InChI is InChI=1S/C13H11NO/c14-13(15)9-8-11-6-3-5-10-4-1-2-7-12(10)11/h1-9H,(H2,14,15). The van der Waals surface area contributed by atoms with Gasteiger partial charge < -0.3 is 5.73 Å². The van der Waals surface area contributed by atoms with E-state index in [1.165, 1.54) is 6.08 Å². The highest BCUT2D eigenvalue weighted by atomic mass is 16.1. The fourth-order valence-electron chi connectivity index (χ4n) is 1.57. The fraction of sp³-hybridized carbons (Fsp3) is 0. The molecule has 0 spiro atoms. The van der Waals surface area contributed by atoms with Crippen molar-refractivity contribution in [3.8, 4) is 0 Å². The number of rotatable bonds is 2. The molecule has 0 radical (unpaired) electrons. The molecular weight excluding hydrogens is 186 g/mol. The second-order valence-electron chi connectivity index (χ2n) is 3.30. The van der Waals surface area contributed by atoms with Crippen molar-refractivity contribution >= 4 is 22.8 Å². The third-order valence-corrected chi connectivity index (χ3v) is 2.25. The molecular formula is C13H11NO. The van der Waals surface area contributed by atoms with Crippen LogP contribution in [-0.4, -0.2) is 5.91 Å². The van der Waals surface area contributed by atoms with Gasteiger partial charge in [-0.05, 0) is 22.4 Å². The Hall–Kier alpha value is -2.09. The highest BCUT2D eigenvalue weighted by molar-refractivity contribution is 5.95. The predicted octanol–water partition coefficient (Wildman–Crippen LogP) is 2.34. The lowest BCUT2D eigenvalue weighted by Gasteiger charge is -2.00. The Morgan fingerprint density at radius 1 is 1.07 bits per heavy atom. The zero-order valence-corrected chi connectivity index (χ0v) is 8.18. The molecule has 2 nitrogen and oxygen atoms in total. The third-order valence-electron chi connectivity index (χ3n) is 2.25. The molecule has 0 saturated heterocycles. The van der Waals surface area contributed by atoms with E-state index in [4.69, 9.17) is 5.73 Å². The molecule has 2 N–H and O–H groups in total. The van der Waals surface area contributed by atoms with Crippen LogP contribution >= 0.6 is 0 Å². The fourth-order valence-corrected chi connectivity index (χ4v) is 1.57. The summed E-state index contributed by atoms with van der Waals surface area (Å²) in [7, 11) is 0. The van der Waals surface area contributed by atoms with Crippen molar-refractivity contribution in [1.82, 2.24) is 0 Å². The highest BCUT2D eigenvalue weighted by Gasteiger charge is 1.96. The van der Waals surface area contributed by atoms with Crippen molar-refractivity contribution in [3.05, 3.63) is 54.1 Å². The summed E-state index contributed by atoms with van der Waals surface area (Å²) in [6.07, 6.45) is 3.12. The van der Waals surface area contributed by atoms with E-state index in [2.05, 4.69) is 0 Å². The lowest BCUT2D eigenvalue weighted by Crippen LogP contribution is -2.05. The van der Waals surface area contributed by atoms with Gasteiger partial charge in [-0.15, -0.1) is 0 Å². The Balaban J connectivity index is 2.56. The third kappa shape index (κ3) is 2.05. The monoisotopic (exact) mass is 197 g/mol. The van der Waals surface area contributed by atoms with E-state index in [-0.39, 0.29) is 0 Å². The van der Waals surface area contributed by atoms with Crippen LogP contribution < -0.4 is 5.73 Å². The molecule has 2 aromatic rings. The van der Waals surface area contributed by atoms with Gasteiger partial charge in [-0.3, -0.25) is 4.79 Å². The van der Waals surface area contributed by atoms with Crippen molar-refractivity contribution in [1.29, 1.82) is 0 Å². The SMILES string of the molecule is NC(=O)C=Cc1cccc2ccccc12. The summed E-state index contributed by atoms with van der Waals surface area (Å²) in [5, 5.41) is 2.28. The highest BCUT2D eigenvalue weighted by Crippen LogP contribution is 2.19. The van der Waals surface area contributed by atoms with Gasteiger partial charge in [0.2, 0.25) is 5.91 Å². The van der Waals surface area contributed by atoms with Gasteiger partial charge >= 0.3 is 0 Å². The zero-order valence-electron chi connectivity index (χ0n) is 8.18. The number of carbonyl (C=O) groups excluding carboxylic acids is 1. The number of hydrogen-bond donors (Lipinski definition) is 1. The number of hydrogen-bond acceptors (Lipinski definition) is 1. The van der Waals surface area contributed by atoms with Crippen LogP contribution in [0.3, 0.4) is 0 Å². The van der Waals surface area contributed by atoms with Crippen molar-refractivity contribution in [2.75, 3.05) is 0 Å². The van der Waals surface area contributed by atoms with Gasteiger partial charge in [-0.2, -0.15) is 0 Å². The summed E-state index contributed by atoms with van der Waals surface area (Å²) in [4.78, 5) is 10.6. The zero-order chi connectivity index (χ0) is 10.7. The number of amides is 1. The van der Waals surface area contributed by atoms with Crippen LogP contribution in [0.4, 0.5) is 0 Å². The van der Waals surface area contributed by atoms with Gasteiger partial charge in [0.05, 0.1) is 0 Å². The molecule has 0 bridgehead atoms. The van der Waals surface area contributed by atoms with Gasteiger partial charge in [0.15, 0.2) is 0 Å². The average Bonchev–Trinajstić information content (AvgIpc) is 2.26. The first-order valence-corrected chi connectivity index (χ1v) is 4.72. The summed E-state index contributed by atoms with van der Waals surface area (Å²) < 4.78 is 0. The molecule has 2 rings (SSSR count). The van der Waals surface area contributed by atoms with Crippen LogP contribution in [0.1, 0.15) is 5.56 Å². The minimum Gasteiger partial charge on any atom is -0.366 e. The number of nitrogens with two attached hydrogens (primary N) is 1. The lowest BCUT2D eigenvalue weighted by atomic mass is 10.0. The van der Waals surface area contributed by atoms with E-state index in [0.29, 0.717) is 0 Å². The lowest BCUT2D eigenvalue weighted by molar-refractivity contribution is -0.113. The minimum absolute atomic E-state index is 0.428. The second kappa shape index (κ2) is 3.96. The number of fused-ring (bicyclic) bond motifs is 1. The Morgan fingerprint density at radius 2 is 1.80 bits per heavy atom. The van der Waals surface area contributed by atoms with E-state index < -0.39 is 5.91 Å². The van der Waals surface area contributed by atoms with E-state index >= 15 is 0 Å². The van der Waals surface area contributed by atoms with Crippen LogP contribution in [0.5, 0.6) is 0 Å². The molecule has 0 aromatic heterocycles. The maximum absolute atomic E-state index is 10.6.